The molecular formula is C25H26N4O2. The second kappa shape index (κ2) is 7.69. The van der Waals surface area contributed by atoms with Gasteiger partial charge in [-0.2, -0.15) is 5.10 Å². The summed E-state index contributed by atoms with van der Waals surface area (Å²) in [4.78, 5) is 29.8. The molecule has 0 spiro atoms. The molecule has 3 heterocycles. The highest BCUT2D eigenvalue weighted by Gasteiger charge is 2.33. The molecular weight excluding hydrogens is 388 g/mol. The number of carbonyl (C=O) groups excluding carboxylic acids is 2. The van der Waals surface area contributed by atoms with E-state index >= 15 is 0 Å². The first-order valence-electron chi connectivity index (χ1n) is 10.9. The molecule has 6 nitrogen and oxygen atoms in total. The van der Waals surface area contributed by atoms with E-state index in [9.17, 15) is 9.59 Å². The Morgan fingerprint density at radius 1 is 0.871 bits per heavy atom. The lowest BCUT2D eigenvalue weighted by molar-refractivity contribution is -0.119. The predicted molar refractivity (Wildman–Crippen MR) is 120 cm³/mol. The molecule has 2 aliphatic rings. The lowest BCUT2D eigenvalue weighted by Crippen LogP contribution is -2.36. The van der Waals surface area contributed by atoms with Gasteiger partial charge in [0.15, 0.2) is 5.69 Å². The van der Waals surface area contributed by atoms with Crippen molar-refractivity contribution in [1.29, 1.82) is 0 Å². The van der Waals surface area contributed by atoms with E-state index in [1.807, 2.05) is 46.2 Å². The minimum atomic E-state index is -0.0929. The van der Waals surface area contributed by atoms with Gasteiger partial charge in [0.25, 0.3) is 5.91 Å². The summed E-state index contributed by atoms with van der Waals surface area (Å²) in [6.07, 6.45) is 3.87. The minimum Gasteiger partial charge on any atom is -0.309 e. The average Bonchev–Trinajstić information content (AvgIpc) is 3.45. The summed E-state index contributed by atoms with van der Waals surface area (Å²) < 4.78 is 1.70. The Labute approximate surface area is 182 Å². The predicted octanol–water partition coefficient (Wildman–Crippen LogP) is 3.84. The zero-order valence-electron chi connectivity index (χ0n) is 17.9. The lowest BCUT2D eigenvalue weighted by atomic mass is 10.1. The third-order valence-corrected chi connectivity index (χ3v) is 6.32. The third kappa shape index (κ3) is 3.42. The van der Waals surface area contributed by atoms with Gasteiger partial charge in [-0.3, -0.25) is 14.3 Å². The zero-order valence-corrected chi connectivity index (χ0v) is 17.9. The first kappa shape index (κ1) is 19.5. The van der Waals surface area contributed by atoms with Crippen LogP contribution in [0.25, 0.3) is 0 Å². The van der Waals surface area contributed by atoms with Gasteiger partial charge >= 0.3 is 0 Å². The Balaban J connectivity index is 1.27. The number of fused-ring (bicyclic) bond motifs is 2. The molecule has 2 amide bonds. The summed E-state index contributed by atoms with van der Waals surface area (Å²) in [5.41, 5.74) is 4.80. The van der Waals surface area contributed by atoms with Gasteiger partial charge in [0.05, 0.1) is 0 Å². The average molecular weight is 415 g/mol. The third-order valence-electron chi connectivity index (χ3n) is 6.32. The van der Waals surface area contributed by atoms with Crippen molar-refractivity contribution >= 4 is 23.2 Å². The normalized spacial score (nSPS) is 19.4. The monoisotopic (exact) mass is 414 g/mol. The van der Waals surface area contributed by atoms with Gasteiger partial charge in [0.2, 0.25) is 5.91 Å². The number of carbonyl (C=O) groups is 2. The molecule has 6 heteroatoms. The number of amides is 2. The Kier molecular flexibility index (Phi) is 4.85. The van der Waals surface area contributed by atoms with E-state index in [1.54, 1.807) is 16.9 Å². The number of hydrogen-bond donors (Lipinski definition) is 0. The lowest BCUT2D eigenvalue weighted by Gasteiger charge is -2.23. The summed E-state index contributed by atoms with van der Waals surface area (Å²) in [6, 6.07) is 18.1. The van der Waals surface area contributed by atoms with Gasteiger partial charge in [-0.1, -0.05) is 36.4 Å². The first-order valence-corrected chi connectivity index (χ1v) is 10.9. The minimum absolute atomic E-state index is 0.0860. The van der Waals surface area contributed by atoms with Crippen molar-refractivity contribution in [1.82, 2.24) is 9.78 Å². The van der Waals surface area contributed by atoms with Crippen LogP contribution in [-0.4, -0.2) is 33.7 Å². The number of benzene rings is 2. The molecule has 2 atom stereocenters. The van der Waals surface area contributed by atoms with Crippen molar-refractivity contribution in [2.24, 2.45) is 0 Å². The van der Waals surface area contributed by atoms with Crippen LogP contribution in [0.3, 0.4) is 0 Å². The Hall–Kier alpha value is -3.41. The molecule has 31 heavy (non-hydrogen) atoms. The van der Waals surface area contributed by atoms with Crippen LogP contribution < -0.4 is 9.80 Å². The summed E-state index contributed by atoms with van der Waals surface area (Å²) >= 11 is 0. The molecule has 0 aliphatic carbocycles. The largest absolute Gasteiger partial charge is 0.309 e. The van der Waals surface area contributed by atoms with E-state index < -0.39 is 0 Å². The van der Waals surface area contributed by atoms with E-state index in [0.717, 1.165) is 24.2 Å². The number of hydrogen-bond acceptors (Lipinski definition) is 3. The molecule has 2 aromatic carbocycles. The molecule has 0 saturated heterocycles. The molecule has 0 radical (unpaired) electrons. The maximum absolute atomic E-state index is 13.1. The van der Waals surface area contributed by atoms with Crippen LogP contribution in [0.2, 0.25) is 0 Å². The molecule has 0 N–H and O–H groups in total. The van der Waals surface area contributed by atoms with Gasteiger partial charge in [-0.25, -0.2) is 0 Å². The van der Waals surface area contributed by atoms with Crippen LogP contribution in [0.5, 0.6) is 0 Å². The smallest absolute Gasteiger partial charge is 0.279 e. The maximum Gasteiger partial charge on any atom is 0.279 e. The number of para-hydroxylation sites is 2. The molecule has 1 aromatic heterocycles. The summed E-state index contributed by atoms with van der Waals surface area (Å²) in [5.74, 6) is -0.00691. The molecule has 0 saturated carbocycles. The van der Waals surface area contributed by atoms with Gasteiger partial charge < -0.3 is 9.80 Å². The molecule has 5 rings (SSSR count). The van der Waals surface area contributed by atoms with E-state index in [0.29, 0.717) is 18.7 Å². The molecule has 0 bridgehead atoms. The Morgan fingerprint density at radius 3 is 2.13 bits per heavy atom. The Bertz CT molecular complexity index is 1150. The SMILES string of the molecule is C[C@@H]1Cc2ccccc2N1C(=O)CCn1ccc(C(=O)N2c3ccccc3C[C@@H]2C)n1. The number of aryl methyl sites for hydroxylation is 1. The second-order valence-corrected chi connectivity index (χ2v) is 8.52. The zero-order chi connectivity index (χ0) is 21.5. The molecule has 0 fully saturated rings. The fourth-order valence-electron chi connectivity index (χ4n) is 4.87. The standard InChI is InChI=1S/C25H26N4O2/c1-17-15-19-7-3-5-9-22(19)28(17)24(30)12-14-27-13-11-21(26-27)25(31)29-18(2)16-20-8-4-6-10-23(20)29/h3-11,13,17-18H,12,14-16H2,1-2H3/t17-,18+/m1/s1. The van der Waals surface area contributed by atoms with Crippen LogP contribution in [0.4, 0.5) is 11.4 Å². The van der Waals surface area contributed by atoms with Crippen molar-refractivity contribution in [2.75, 3.05) is 9.80 Å². The van der Waals surface area contributed by atoms with Crippen molar-refractivity contribution in [2.45, 2.75) is 51.7 Å². The van der Waals surface area contributed by atoms with Crippen LogP contribution in [-0.2, 0) is 24.2 Å². The summed E-state index contributed by atoms with van der Waals surface area (Å²) in [7, 11) is 0. The summed E-state index contributed by atoms with van der Waals surface area (Å²) in [6.45, 7) is 4.59. The molecule has 2 aliphatic heterocycles. The fourth-order valence-corrected chi connectivity index (χ4v) is 4.87. The van der Waals surface area contributed by atoms with Crippen LogP contribution in [0.1, 0.15) is 41.9 Å². The van der Waals surface area contributed by atoms with E-state index in [1.165, 1.54) is 11.1 Å². The van der Waals surface area contributed by atoms with Gasteiger partial charge in [0.1, 0.15) is 0 Å². The fraction of sp³-hybridized carbons (Fsp3) is 0.320. The van der Waals surface area contributed by atoms with Crippen LogP contribution in [0, 0.1) is 0 Å². The number of rotatable bonds is 4. The van der Waals surface area contributed by atoms with Crippen LogP contribution >= 0.6 is 0 Å². The van der Waals surface area contributed by atoms with Crippen molar-refractivity contribution < 1.29 is 9.59 Å². The first-order chi connectivity index (χ1) is 15.0. The van der Waals surface area contributed by atoms with E-state index in [2.05, 4.69) is 31.1 Å². The van der Waals surface area contributed by atoms with Crippen molar-refractivity contribution in [3.8, 4) is 0 Å². The number of aromatic nitrogens is 2. The highest BCUT2D eigenvalue weighted by Crippen LogP contribution is 2.33. The highest BCUT2D eigenvalue weighted by molar-refractivity contribution is 6.06. The van der Waals surface area contributed by atoms with E-state index in [-0.39, 0.29) is 23.9 Å². The second-order valence-electron chi connectivity index (χ2n) is 8.52. The Morgan fingerprint density at radius 2 is 1.45 bits per heavy atom. The van der Waals surface area contributed by atoms with Gasteiger partial charge in [0, 0.05) is 42.6 Å². The van der Waals surface area contributed by atoms with Gasteiger partial charge in [-0.15, -0.1) is 0 Å². The topological polar surface area (TPSA) is 58.4 Å². The molecule has 0 unspecified atom stereocenters. The quantitative estimate of drug-likeness (QED) is 0.652. The van der Waals surface area contributed by atoms with Crippen molar-refractivity contribution in [3.05, 3.63) is 77.6 Å². The summed E-state index contributed by atoms with van der Waals surface area (Å²) in [5, 5.41) is 4.48. The molecule has 3 aromatic rings. The van der Waals surface area contributed by atoms with Crippen molar-refractivity contribution in [3.63, 3.8) is 0 Å². The number of nitrogens with zero attached hydrogens (tertiary/aromatic N) is 4. The molecule has 158 valence electrons. The maximum atomic E-state index is 13.1. The van der Waals surface area contributed by atoms with Crippen LogP contribution in [0.15, 0.2) is 60.8 Å². The number of anilines is 2. The highest BCUT2D eigenvalue weighted by atomic mass is 16.2. The van der Waals surface area contributed by atoms with Gasteiger partial charge in [-0.05, 0) is 56.0 Å². The van der Waals surface area contributed by atoms with E-state index in [4.69, 9.17) is 0 Å².